The molecule has 0 radical (unpaired) electrons. The fourth-order valence-corrected chi connectivity index (χ4v) is 5.06. The lowest BCUT2D eigenvalue weighted by Gasteiger charge is -2.13. The van der Waals surface area contributed by atoms with E-state index in [-0.39, 0.29) is 5.56 Å². The molecule has 0 saturated heterocycles. The number of amides is 2. The second-order valence-electron chi connectivity index (χ2n) is 6.02. The molecule has 0 spiro atoms. The van der Waals surface area contributed by atoms with Crippen molar-refractivity contribution in [1.82, 2.24) is 0 Å². The molecule has 0 N–H and O–H groups in total. The van der Waals surface area contributed by atoms with Gasteiger partial charge in [0.15, 0.2) is 0 Å². The number of fused-ring (bicyclic) bond motifs is 1. The lowest BCUT2D eigenvalue weighted by atomic mass is 10.1. The van der Waals surface area contributed by atoms with Gasteiger partial charge in [0.05, 0.1) is 23.8 Å². The first-order chi connectivity index (χ1) is 13.6. The number of ether oxygens (including phenoxy) is 1. The van der Waals surface area contributed by atoms with E-state index in [0.29, 0.717) is 21.9 Å². The minimum atomic E-state index is -0.571. The van der Waals surface area contributed by atoms with E-state index in [2.05, 4.69) is 0 Å². The van der Waals surface area contributed by atoms with Crippen molar-refractivity contribution in [3.8, 4) is 0 Å². The van der Waals surface area contributed by atoms with Crippen LogP contribution in [0.25, 0.3) is 0 Å². The summed E-state index contributed by atoms with van der Waals surface area (Å²) in [5, 5.41) is 0.307. The zero-order valence-electron chi connectivity index (χ0n) is 14.9. The van der Waals surface area contributed by atoms with Crippen LogP contribution in [0.3, 0.4) is 0 Å². The number of hydrogen-bond donors (Lipinski definition) is 0. The number of nitrogens with zero attached hydrogens (tertiary/aromatic N) is 1. The van der Waals surface area contributed by atoms with Crippen molar-refractivity contribution in [2.75, 3.05) is 12.0 Å². The number of rotatable bonds is 5. The Hall–Kier alpha value is -2.90. The highest BCUT2D eigenvalue weighted by molar-refractivity contribution is 7.98. The lowest BCUT2D eigenvalue weighted by Crippen LogP contribution is -2.30. The molecule has 3 aromatic rings. The first-order valence-electron chi connectivity index (χ1n) is 8.47. The van der Waals surface area contributed by atoms with Crippen LogP contribution in [0.2, 0.25) is 0 Å². The van der Waals surface area contributed by atoms with Crippen molar-refractivity contribution in [3.63, 3.8) is 0 Å². The summed E-state index contributed by atoms with van der Waals surface area (Å²) in [4.78, 5) is 41.0. The van der Waals surface area contributed by atoms with Crippen LogP contribution in [-0.4, -0.2) is 24.9 Å². The molecular formula is C21H15NO4S2. The molecule has 0 bridgehead atoms. The minimum Gasteiger partial charge on any atom is -0.465 e. The average molecular weight is 409 g/mol. The standard InChI is InChI=1S/C21H15NO4S2/c1-26-21(25)17-11-14(12-27-13-7-3-2-4-8-13)28-20(17)22-18(23)15-9-5-6-10-16(15)19(22)24/h2-11H,12H2,1H3. The SMILES string of the molecule is COC(=O)c1cc(CSc2ccccc2)sc1N1C(=O)c2ccccc2C1=O. The Labute approximate surface area is 169 Å². The third-order valence-electron chi connectivity index (χ3n) is 4.29. The molecule has 2 amide bonds. The molecule has 0 unspecified atom stereocenters. The van der Waals surface area contributed by atoms with E-state index >= 15 is 0 Å². The molecule has 140 valence electrons. The van der Waals surface area contributed by atoms with Gasteiger partial charge in [-0.15, -0.1) is 23.1 Å². The van der Waals surface area contributed by atoms with Crippen molar-refractivity contribution in [3.05, 3.63) is 82.2 Å². The van der Waals surface area contributed by atoms with Gasteiger partial charge in [-0.2, -0.15) is 0 Å². The molecule has 0 aliphatic carbocycles. The molecule has 28 heavy (non-hydrogen) atoms. The fourth-order valence-electron chi connectivity index (χ4n) is 2.97. The van der Waals surface area contributed by atoms with Gasteiger partial charge in [0.25, 0.3) is 11.8 Å². The van der Waals surface area contributed by atoms with Crippen LogP contribution < -0.4 is 4.90 Å². The van der Waals surface area contributed by atoms with Gasteiger partial charge in [0.2, 0.25) is 0 Å². The molecule has 1 aliphatic rings. The van der Waals surface area contributed by atoms with Gasteiger partial charge in [-0.3, -0.25) is 9.59 Å². The van der Waals surface area contributed by atoms with Crippen molar-refractivity contribution in [1.29, 1.82) is 0 Å². The normalized spacial score (nSPS) is 13.0. The Balaban J connectivity index is 1.68. The van der Waals surface area contributed by atoms with E-state index in [1.165, 1.54) is 18.4 Å². The highest BCUT2D eigenvalue weighted by Gasteiger charge is 2.39. The average Bonchev–Trinajstić information content (AvgIpc) is 3.26. The summed E-state index contributed by atoms with van der Waals surface area (Å²) in [6, 6.07) is 18.2. The molecule has 1 aliphatic heterocycles. The number of hydrogen-bond acceptors (Lipinski definition) is 6. The number of carbonyl (C=O) groups excluding carboxylic acids is 3. The second-order valence-corrected chi connectivity index (χ2v) is 8.18. The Kier molecular flexibility index (Phi) is 5.02. The van der Waals surface area contributed by atoms with E-state index in [4.69, 9.17) is 4.74 Å². The number of imide groups is 1. The third kappa shape index (κ3) is 3.23. The van der Waals surface area contributed by atoms with E-state index in [1.54, 1.807) is 42.1 Å². The number of anilines is 1. The second kappa shape index (κ2) is 7.61. The number of methoxy groups -OCH3 is 1. The van der Waals surface area contributed by atoms with E-state index < -0.39 is 17.8 Å². The predicted molar refractivity (Wildman–Crippen MR) is 109 cm³/mol. The number of esters is 1. The van der Waals surface area contributed by atoms with Crippen LogP contribution in [-0.2, 0) is 10.5 Å². The summed E-state index contributed by atoms with van der Waals surface area (Å²) in [5.41, 5.74) is 0.916. The van der Waals surface area contributed by atoms with Gasteiger partial charge >= 0.3 is 5.97 Å². The highest BCUT2D eigenvalue weighted by atomic mass is 32.2. The molecule has 7 heteroatoms. The molecule has 4 rings (SSSR count). The highest BCUT2D eigenvalue weighted by Crippen LogP contribution is 2.39. The molecular weight excluding hydrogens is 394 g/mol. The summed E-state index contributed by atoms with van der Waals surface area (Å²) in [6.45, 7) is 0. The smallest absolute Gasteiger partial charge is 0.340 e. The Bertz CT molecular complexity index is 1040. The quantitative estimate of drug-likeness (QED) is 0.349. The van der Waals surface area contributed by atoms with Gasteiger partial charge in [-0.05, 0) is 30.3 Å². The van der Waals surface area contributed by atoms with Crippen LogP contribution in [0, 0.1) is 0 Å². The minimum absolute atomic E-state index is 0.227. The first-order valence-corrected chi connectivity index (χ1v) is 10.3. The van der Waals surface area contributed by atoms with Crippen LogP contribution in [0.5, 0.6) is 0 Å². The number of thioether (sulfide) groups is 1. The zero-order chi connectivity index (χ0) is 19.7. The maximum absolute atomic E-state index is 12.8. The molecule has 2 aromatic carbocycles. The summed E-state index contributed by atoms with van der Waals surface area (Å²) < 4.78 is 4.87. The van der Waals surface area contributed by atoms with Crippen LogP contribution in [0.4, 0.5) is 5.00 Å². The molecule has 1 aromatic heterocycles. The Morgan fingerprint density at radius 2 is 1.61 bits per heavy atom. The van der Waals surface area contributed by atoms with Crippen molar-refractivity contribution in [2.24, 2.45) is 0 Å². The van der Waals surface area contributed by atoms with Crippen molar-refractivity contribution in [2.45, 2.75) is 10.6 Å². The maximum atomic E-state index is 12.8. The topological polar surface area (TPSA) is 63.7 Å². The van der Waals surface area contributed by atoms with Gasteiger partial charge < -0.3 is 4.74 Å². The molecule has 5 nitrogen and oxygen atoms in total. The zero-order valence-corrected chi connectivity index (χ0v) is 16.5. The Morgan fingerprint density at radius 3 is 2.21 bits per heavy atom. The van der Waals surface area contributed by atoms with Gasteiger partial charge in [0.1, 0.15) is 5.00 Å². The Morgan fingerprint density at radius 1 is 1.00 bits per heavy atom. The van der Waals surface area contributed by atoms with E-state index in [1.807, 2.05) is 30.3 Å². The molecule has 0 saturated carbocycles. The number of carbonyl (C=O) groups is 3. The summed E-state index contributed by atoms with van der Waals surface area (Å²) in [7, 11) is 1.28. The van der Waals surface area contributed by atoms with Crippen LogP contribution >= 0.6 is 23.1 Å². The maximum Gasteiger partial charge on any atom is 0.340 e. The number of benzene rings is 2. The summed E-state index contributed by atoms with van der Waals surface area (Å²) in [6.07, 6.45) is 0. The third-order valence-corrected chi connectivity index (χ3v) is 6.65. The van der Waals surface area contributed by atoms with Gasteiger partial charge in [0, 0.05) is 15.5 Å². The van der Waals surface area contributed by atoms with E-state index in [9.17, 15) is 14.4 Å². The fraction of sp³-hybridized carbons (Fsp3) is 0.0952. The van der Waals surface area contributed by atoms with Gasteiger partial charge in [-0.25, -0.2) is 9.69 Å². The lowest BCUT2D eigenvalue weighted by molar-refractivity contribution is 0.0602. The first kappa shape index (κ1) is 18.5. The largest absolute Gasteiger partial charge is 0.465 e. The van der Waals surface area contributed by atoms with Crippen LogP contribution in [0.15, 0.2) is 65.6 Å². The van der Waals surface area contributed by atoms with E-state index in [0.717, 1.165) is 14.7 Å². The summed E-state index contributed by atoms with van der Waals surface area (Å²) in [5.74, 6) is -0.800. The monoisotopic (exact) mass is 409 g/mol. The van der Waals surface area contributed by atoms with Gasteiger partial charge in [-0.1, -0.05) is 30.3 Å². The number of thiophene rings is 1. The molecule has 0 atom stereocenters. The summed E-state index contributed by atoms with van der Waals surface area (Å²) >= 11 is 2.88. The molecule has 2 heterocycles. The predicted octanol–water partition coefficient (Wildman–Crippen LogP) is 4.63. The van der Waals surface area contributed by atoms with Crippen LogP contribution in [0.1, 0.15) is 36.0 Å². The van der Waals surface area contributed by atoms with Crippen molar-refractivity contribution < 1.29 is 19.1 Å². The molecule has 0 fully saturated rings. The van der Waals surface area contributed by atoms with Crippen molar-refractivity contribution >= 4 is 45.9 Å².